The number of fused-ring (bicyclic) bond motifs is 1. The summed E-state index contributed by atoms with van der Waals surface area (Å²) >= 11 is 0. The first kappa shape index (κ1) is 10.6. The minimum Gasteiger partial charge on any atom is -0.293 e. The third-order valence-corrected chi connectivity index (χ3v) is 3.29. The minimum atomic E-state index is 0.334. The van der Waals surface area contributed by atoms with Gasteiger partial charge in [-0.3, -0.25) is 9.69 Å². The fraction of sp³-hybridized carbons (Fsp3) is 0.615. The van der Waals surface area contributed by atoms with E-state index in [1.165, 1.54) is 19.3 Å². The van der Waals surface area contributed by atoms with Gasteiger partial charge in [-0.1, -0.05) is 38.0 Å². The first-order valence-corrected chi connectivity index (χ1v) is 5.97. The Bertz CT molecular complexity index is 304. The van der Waals surface area contributed by atoms with Crippen LogP contribution in [0.5, 0.6) is 0 Å². The molecule has 1 heterocycles. The van der Waals surface area contributed by atoms with Crippen LogP contribution in [0, 0.1) is 0 Å². The van der Waals surface area contributed by atoms with Crippen LogP contribution in [0.2, 0.25) is 0 Å². The number of hydrogen-bond acceptors (Lipinski definition) is 2. The number of allylic oxidation sites excluding steroid dienone is 2. The lowest BCUT2D eigenvalue weighted by Crippen LogP contribution is -2.31. The molecule has 2 heteroatoms. The maximum Gasteiger partial charge on any atom is 0.174 e. The van der Waals surface area contributed by atoms with Crippen molar-refractivity contribution in [1.82, 2.24) is 4.90 Å². The molecule has 2 rings (SSSR count). The molecule has 2 aliphatic rings. The average molecular weight is 205 g/mol. The summed E-state index contributed by atoms with van der Waals surface area (Å²) in [5.41, 5.74) is 1.04. The lowest BCUT2D eigenvalue weighted by Gasteiger charge is -2.24. The highest BCUT2D eigenvalue weighted by atomic mass is 16.1. The van der Waals surface area contributed by atoms with Crippen molar-refractivity contribution in [1.29, 1.82) is 0 Å². The van der Waals surface area contributed by atoms with Gasteiger partial charge in [0.25, 0.3) is 0 Å². The van der Waals surface area contributed by atoms with Gasteiger partial charge in [-0.25, -0.2) is 0 Å². The van der Waals surface area contributed by atoms with E-state index in [2.05, 4.69) is 17.9 Å². The molecule has 0 aromatic rings. The molecule has 0 amide bonds. The molecule has 1 aliphatic carbocycles. The predicted molar refractivity (Wildman–Crippen MR) is 61.7 cm³/mol. The van der Waals surface area contributed by atoms with Gasteiger partial charge < -0.3 is 0 Å². The van der Waals surface area contributed by atoms with Gasteiger partial charge in [0.2, 0.25) is 0 Å². The van der Waals surface area contributed by atoms with Crippen molar-refractivity contribution in [2.45, 2.75) is 38.6 Å². The van der Waals surface area contributed by atoms with Crippen LogP contribution >= 0.6 is 0 Å². The van der Waals surface area contributed by atoms with Crippen molar-refractivity contribution < 1.29 is 4.79 Å². The maximum atomic E-state index is 11.7. The number of likely N-dealkylation sites (tertiary alicyclic amines) is 1. The summed E-state index contributed by atoms with van der Waals surface area (Å²) in [6.45, 7) is 3.93. The Kier molecular flexibility index (Phi) is 3.37. The average Bonchev–Trinajstić information content (AvgIpc) is 2.58. The van der Waals surface area contributed by atoms with Crippen LogP contribution in [0.4, 0.5) is 0 Å². The molecule has 1 aliphatic heterocycles. The van der Waals surface area contributed by atoms with E-state index in [0.29, 0.717) is 18.4 Å². The van der Waals surface area contributed by atoms with Gasteiger partial charge in [-0.05, 0) is 19.4 Å². The van der Waals surface area contributed by atoms with Crippen LogP contribution < -0.4 is 0 Å². The second-order valence-corrected chi connectivity index (χ2v) is 4.40. The number of Topliss-reactive ketones (excluding diaryl/α,β-unsaturated/α-hetero) is 1. The van der Waals surface area contributed by atoms with Crippen molar-refractivity contribution in [2.75, 3.05) is 13.1 Å². The molecule has 0 N–H and O–H groups in total. The Morgan fingerprint density at radius 3 is 3.13 bits per heavy atom. The van der Waals surface area contributed by atoms with Gasteiger partial charge in [0.15, 0.2) is 5.78 Å². The van der Waals surface area contributed by atoms with Crippen LogP contribution in [0.3, 0.4) is 0 Å². The van der Waals surface area contributed by atoms with Gasteiger partial charge in [-0.2, -0.15) is 0 Å². The smallest absolute Gasteiger partial charge is 0.174 e. The highest BCUT2D eigenvalue weighted by molar-refractivity contribution is 6.01. The normalized spacial score (nSPS) is 25.5. The summed E-state index contributed by atoms with van der Waals surface area (Å²) in [5.74, 6) is 0.334. The van der Waals surface area contributed by atoms with Crippen molar-refractivity contribution in [3.8, 4) is 0 Å². The van der Waals surface area contributed by atoms with E-state index in [9.17, 15) is 4.79 Å². The zero-order chi connectivity index (χ0) is 10.7. The highest BCUT2D eigenvalue weighted by Crippen LogP contribution is 2.26. The van der Waals surface area contributed by atoms with Crippen molar-refractivity contribution >= 4 is 5.78 Å². The molecule has 0 aromatic carbocycles. The van der Waals surface area contributed by atoms with E-state index >= 15 is 0 Å². The largest absolute Gasteiger partial charge is 0.293 e. The monoisotopic (exact) mass is 205 g/mol. The van der Waals surface area contributed by atoms with E-state index in [4.69, 9.17) is 0 Å². The second-order valence-electron chi connectivity index (χ2n) is 4.40. The Morgan fingerprint density at radius 2 is 2.33 bits per heavy atom. The molecular weight excluding hydrogens is 186 g/mol. The number of nitrogens with zero attached hydrogens (tertiary/aromatic N) is 1. The molecule has 1 saturated heterocycles. The number of rotatable bonds is 4. The van der Waals surface area contributed by atoms with E-state index in [0.717, 1.165) is 18.5 Å². The number of unbranched alkanes of at least 4 members (excludes halogenated alkanes) is 2. The molecule has 1 unspecified atom stereocenters. The zero-order valence-corrected chi connectivity index (χ0v) is 9.41. The molecule has 1 fully saturated rings. The fourth-order valence-corrected chi connectivity index (χ4v) is 2.43. The highest BCUT2D eigenvalue weighted by Gasteiger charge is 2.34. The number of carbonyl (C=O) groups is 1. The molecule has 15 heavy (non-hydrogen) atoms. The topological polar surface area (TPSA) is 20.3 Å². The Hall–Kier alpha value is -0.890. The molecule has 2 nitrogen and oxygen atoms in total. The quantitative estimate of drug-likeness (QED) is 0.656. The standard InChI is InChI=1S/C13H19NO/c1-2-3-6-9-14-10-13(15)11-7-4-5-8-12(11)14/h4-5,7,12H,2-3,6,8-10H2,1H3. The first-order valence-electron chi connectivity index (χ1n) is 5.97. The Balaban J connectivity index is 1.95. The third kappa shape index (κ3) is 2.20. The van der Waals surface area contributed by atoms with E-state index in [1.54, 1.807) is 0 Å². The molecule has 1 atom stereocenters. The van der Waals surface area contributed by atoms with Crippen LogP contribution in [-0.4, -0.2) is 29.8 Å². The summed E-state index contributed by atoms with van der Waals surface area (Å²) in [6.07, 6.45) is 10.9. The lowest BCUT2D eigenvalue weighted by molar-refractivity contribution is -0.114. The third-order valence-electron chi connectivity index (χ3n) is 3.29. The SMILES string of the molecule is CCCCCN1CC(=O)C2=CC=CCC21. The molecule has 0 spiro atoms. The van der Waals surface area contributed by atoms with Gasteiger partial charge in [-0.15, -0.1) is 0 Å². The molecule has 0 radical (unpaired) electrons. The summed E-state index contributed by atoms with van der Waals surface area (Å²) in [5, 5.41) is 0. The van der Waals surface area contributed by atoms with Gasteiger partial charge >= 0.3 is 0 Å². The van der Waals surface area contributed by atoms with Crippen LogP contribution in [-0.2, 0) is 4.79 Å². The molecule has 0 aromatic heterocycles. The maximum absolute atomic E-state index is 11.7. The number of hydrogen-bond donors (Lipinski definition) is 0. The minimum absolute atomic E-state index is 0.334. The first-order chi connectivity index (χ1) is 7.33. The molecule has 82 valence electrons. The zero-order valence-electron chi connectivity index (χ0n) is 9.41. The fourth-order valence-electron chi connectivity index (χ4n) is 2.43. The summed E-state index contributed by atoms with van der Waals surface area (Å²) in [6, 6.07) is 0.388. The van der Waals surface area contributed by atoms with E-state index < -0.39 is 0 Å². The number of ketones is 1. The Labute approximate surface area is 91.6 Å². The van der Waals surface area contributed by atoms with E-state index in [-0.39, 0.29) is 0 Å². The second kappa shape index (κ2) is 4.75. The summed E-state index contributed by atoms with van der Waals surface area (Å²) < 4.78 is 0. The van der Waals surface area contributed by atoms with Crippen molar-refractivity contribution in [2.24, 2.45) is 0 Å². The van der Waals surface area contributed by atoms with Gasteiger partial charge in [0.05, 0.1) is 6.54 Å². The van der Waals surface area contributed by atoms with Crippen LogP contribution in [0.15, 0.2) is 23.8 Å². The van der Waals surface area contributed by atoms with E-state index in [1.807, 2.05) is 12.2 Å². The van der Waals surface area contributed by atoms with Crippen molar-refractivity contribution in [3.05, 3.63) is 23.8 Å². The van der Waals surface area contributed by atoms with Gasteiger partial charge in [0, 0.05) is 11.6 Å². The summed E-state index contributed by atoms with van der Waals surface area (Å²) in [7, 11) is 0. The predicted octanol–water partition coefficient (Wildman–Crippen LogP) is 2.32. The summed E-state index contributed by atoms with van der Waals surface area (Å²) in [4.78, 5) is 14.0. The molecular formula is C13H19NO. The van der Waals surface area contributed by atoms with Crippen molar-refractivity contribution in [3.63, 3.8) is 0 Å². The van der Waals surface area contributed by atoms with Gasteiger partial charge in [0.1, 0.15) is 0 Å². The Morgan fingerprint density at radius 1 is 1.47 bits per heavy atom. The van der Waals surface area contributed by atoms with Crippen LogP contribution in [0.1, 0.15) is 32.6 Å². The van der Waals surface area contributed by atoms with Crippen LogP contribution in [0.25, 0.3) is 0 Å². The number of carbonyl (C=O) groups excluding carboxylic acids is 1. The lowest BCUT2D eigenvalue weighted by atomic mass is 9.99. The molecule has 0 saturated carbocycles. The molecule has 0 bridgehead atoms.